The number of benzene rings is 12. The SMILES string of the molecule is c1ccc(-c2cccc3cccc(-c4ccccc4N(c4ccc(-c5cccc6c5-c5ccccc5C6(c5ccccc5)c5ccccc5)cc4)c4ccccc4-c4cccc5c4oc4ccccc45)c23)cc1. The molecule has 0 fully saturated rings. The van der Waals surface area contributed by atoms with Crippen molar-refractivity contribution in [2.75, 3.05) is 4.90 Å². The van der Waals surface area contributed by atoms with Crippen LogP contribution in [0.5, 0.6) is 0 Å². The zero-order valence-electron chi connectivity index (χ0n) is 40.0. The van der Waals surface area contributed by atoms with E-state index in [1.807, 2.05) is 6.07 Å². The van der Waals surface area contributed by atoms with Crippen LogP contribution in [0, 0.1) is 0 Å². The Bertz CT molecular complexity index is 4150. The number of hydrogen-bond donors (Lipinski definition) is 0. The Morgan fingerprint density at radius 2 is 0.781 bits per heavy atom. The van der Waals surface area contributed by atoms with Crippen LogP contribution in [-0.2, 0) is 5.41 Å². The highest BCUT2D eigenvalue weighted by Gasteiger charge is 2.46. The van der Waals surface area contributed by atoms with Crippen LogP contribution in [0.1, 0.15) is 22.3 Å². The smallest absolute Gasteiger partial charge is 0.143 e. The van der Waals surface area contributed by atoms with E-state index in [-0.39, 0.29) is 0 Å². The average molecular weight is 930 g/mol. The lowest BCUT2D eigenvalue weighted by Crippen LogP contribution is -2.28. The van der Waals surface area contributed by atoms with E-state index in [1.54, 1.807) is 0 Å². The third-order valence-corrected chi connectivity index (χ3v) is 15.2. The topological polar surface area (TPSA) is 16.4 Å². The standard InChI is InChI=1S/C71H47NO/c1-4-22-48(23-5-1)54-34-18-24-50-25-19-36-59(68(50)54)56-30-11-15-41-65(56)72(66-42-16-12-31-57(66)60-37-20-38-61-58-32-13-17-43-67(58)73-70(60)61)53-46-44-49(45-47-53)55-35-21-40-64-69(55)62-33-10-14-39-63(62)71(64,51-26-6-2-7-27-51)52-28-8-3-9-29-52/h1-47H. The molecule has 0 saturated heterocycles. The third-order valence-electron chi connectivity index (χ3n) is 15.2. The fraction of sp³-hybridized carbons (Fsp3) is 0.0141. The van der Waals surface area contributed by atoms with Crippen LogP contribution in [0.15, 0.2) is 290 Å². The predicted octanol–water partition coefficient (Wildman–Crippen LogP) is 19.2. The number of rotatable bonds is 9. The second-order valence-corrected chi connectivity index (χ2v) is 19.0. The van der Waals surface area contributed by atoms with Gasteiger partial charge >= 0.3 is 0 Å². The van der Waals surface area contributed by atoms with Gasteiger partial charge in [-0.3, -0.25) is 0 Å². The molecule has 2 nitrogen and oxygen atoms in total. The first-order chi connectivity index (χ1) is 36.3. The van der Waals surface area contributed by atoms with Crippen molar-refractivity contribution in [1.82, 2.24) is 0 Å². The molecule has 1 aliphatic carbocycles. The maximum atomic E-state index is 6.76. The van der Waals surface area contributed by atoms with E-state index in [4.69, 9.17) is 4.42 Å². The van der Waals surface area contributed by atoms with Gasteiger partial charge in [0.25, 0.3) is 0 Å². The first kappa shape index (κ1) is 42.4. The van der Waals surface area contributed by atoms with Crippen molar-refractivity contribution < 1.29 is 4.42 Å². The van der Waals surface area contributed by atoms with Gasteiger partial charge in [-0.15, -0.1) is 0 Å². The Hall–Kier alpha value is -9.50. The van der Waals surface area contributed by atoms with Gasteiger partial charge in [-0.2, -0.15) is 0 Å². The summed E-state index contributed by atoms with van der Waals surface area (Å²) in [7, 11) is 0. The van der Waals surface area contributed by atoms with Gasteiger partial charge in [-0.05, 0) is 102 Å². The first-order valence-corrected chi connectivity index (χ1v) is 25.2. The number of furan rings is 1. The summed E-state index contributed by atoms with van der Waals surface area (Å²) in [6, 6.07) is 104. The molecule has 0 spiro atoms. The molecular formula is C71H47NO. The Kier molecular flexibility index (Phi) is 10.1. The van der Waals surface area contributed by atoms with Crippen molar-refractivity contribution in [3.63, 3.8) is 0 Å². The van der Waals surface area contributed by atoms with Gasteiger partial charge in [0.2, 0.25) is 0 Å². The third kappa shape index (κ3) is 6.72. The van der Waals surface area contributed by atoms with E-state index in [2.05, 4.69) is 284 Å². The lowest BCUT2D eigenvalue weighted by Gasteiger charge is -2.34. The molecule has 2 heteroatoms. The van der Waals surface area contributed by atoms with Gasteiger partial charge in [0.05, 0.1) is 16.8 Å². The molecule has 0 atom stereocenters. The Labute approximate surface area is 425 Å². The van der Waals surface area contributed by atoms with E-state index < -0.39 is 5.41 Å². The Morgan fingerprint density at radius 3 is 1.49 bits per heavy atom. The van der Waals surface area contributed by atoms with Crippen molar-refractivity contribution in [3.05, 3.63) is 307 Å². The van der Waals surface area contributed by atoms with Gasteiger partial charge < -0.3 is 9.32 Å². The minimum atomic E-state index is -0.487. The lowest BCUT2D eigenvalue weighted by molar-refractivity contribution is 0.670. The van der Waals surface area contributed by atoms with E-state index in [0.29, 0.717) is 0 Å². The summed E-state index contributed by atoms with van der Waals surface area (Å²) < 4.78 is 6.76. The van der Waals surface area contributed by atoms with Crippen LogP contribution in [0.3, 0.4) is 0 Å². The first-order valence-electron chi connectivity index (χ1n) is 25.2. The number of fused-ring (bicyclic) bond motifs is 7. The normalized spacial score (nSPS) is 12.5. The molecule has 1 aliphatic rings. The van der Waals surface area contributed by atoms with Crippen molar-refractivity contribution >= 4 is 49.8 Å². The molecular weight excluding hydrogens is 883 g/mol. The van der Waals surface area contributed by atoms with E-state index in [0.717, 1.165) is 61.3 Å². The second-order valence-electron chi connectivity index (χ2n) is 19.0. The van der Waals surface area contributed by atoms with Gasteiger partial charge in [0.15, 0.2) is 0 Å². The van der Waals surface area contributed by atoms with Gasteiger partial charge in [0, 0.05) is 33.2 Å². The number of para-hydroxylation sites is 4. The molecule has 0 saturated carbocycles. The fourth-order valence-corrected chi connectivity index (χ4v) is 12.1. The number of hydrogen-bond acceptors (Lipinski definition) is 2. The van der Waals surface area contributed by atoms with Crippen LogP contribution in [0.2, 0.25) is 0 Å². The number of anilines is 3. The molecule has 12 aromatic carbocycles. The van der Waals surface area contributed by atoms with E-state index in [1.165, 1.54) is 66.4 Å². The van der Waals surface area contributed by atoms with Crippen LogP contribution < -0.4 is 4.90 Å². The summed E-state index contributed by atoms with van der Waals surface area (Å²) in [6.07, 6.45) is 0. The van der Waals surface area contributed by atoms with Crippen molar-refractivity contribution in [2.24, 2.45) is 0 Å². The molecule has 14 rings (SSSR count). The molecule has 1 heterocycles. The minimum Gasteiger partial charge on any atom is -0.455 e. The Balaban J connectivity index is 0.989. The van der Waals surface area contributed by atoms with Crippen molar-refractivity contribution in [3.8, 4) is 55.6 Å². The predicted molar refractivity (Wildman–Crippen MR) is 305 cm³/mol. The molecule has 342 valence electrons. The maximum absolute atomic E-state index is 6.76. The average Bonchev–Trinajstić information content (AvgIpc) is 4.01. The Morgan fingerprint density at radius 1 is 0.301 bits per heavy atom. The zero-order chi connectivity index (χ0) is 48.3. The quantitative estimate of drug-likeness (QED) is 0.143. The minimum absolute atomic E-state index is 0.487. The van der Waals surface area contributed by atoms with Crippen molar-refractivity contribution in [1.29, 1.82) is 0 Å². The fourth-order valence-electron chi connectivity index (χ4n) is 12.1. The largest absolute Gasteiger partial charge is 0.455 e. The molecule has 1 aromatic heterocycles. The molecule has 0 aliphatic heterocycles. The van der Waals surface area contributed by atoms with Crippen LogP contribution >= 0.6 is 0 Å². The van der Waals surface area contributed by atoms with Crippen LogP contribution in [0.4, 0.5) is 17.1 Å². The van der Waals surface area contributed by atoms with Crippen molar-refractivity contribution in [2.45, 2.75) is 5.41 Å². The van der Waals surface area contributed by atoms with Gasteiger partial charge in [-0.1, -0.05) is 255 Å². The number of nitrogens with zero attached hydrogens (tertiary/aromatic N) is 1. The highest BCUT2D eigenvalue weighted by atomic mass is 16.3. The summed E-state index contributed by atoms with van der Waals surface area (Å²) in [4.78, 5) is 2.46. The maximum Gasteiger partial charge on any atom is 0.143 e. The van der Waals surface area contributed by atoms with Gasteiger partial charge in [0.1, 0.15) is 11.2 Å². The summed E-state index contributed by atoms with van der Waals surface area (Å²) in [5, 5.41) is 4.63. The molecule has 0 amide bonds. The second kappa shape index (κ2) is 17.4. The molecule has 0 unspecified atom stereocenters. The zero-order valence-corrected chi connectivity index (χ0v) is 40.0. The molecule has 0 bridgehead atoms. The summed E-state index contributed by atoms with van der Waals surface area (Å²) in [6.45, 7) is 0. The monoisotopic (exact) mass is 929 g/mol. The van der Waals surface area contributed by atoms with Gasteiger partial charge in [-0.25, -0.2) is 0 Å². The molecule has 0 N–H and O–H groups in total. The highest BCUT2D eigenvalue weighted by Crippen LogP contribution is 2.58. The molecule has 0 radical (unpaired) electrons. The van der Waals surface area contributed by atoms with Crippen LogP contribution in [0.25, 0.3) is 88.3 Å². The van der Waals surface area contributed by atoms with Crippen LogP contribution in [-0.4, -0.2) is 0 Å². The van der Waals surface area contributed by atoms with E-state index in [9.17, 15) is 0 Å². The lowest BCUT2D eigenvalue weighted by atomic mass is 9.67. The highest BCUT2D eigenvalue weighted by molar-refractivity contribution is 6.12. The molecule has 13 aromatic rings. The summed E-state index contributed by atoms with van der Waals surface area (Å²) in [5.74, 6) is 0. The molecule has 73 heavy (non-hydrogen) atoms. The summed E-state index contributed by atoms with van der Waals surface area (Å²) in [5.41, 5.74) is 21.2. The van der Waals surface area contributed by atoms with E-state index >= 15 is 0 Å². The summed E-state index contributed by atoms with van der Waals surface area (Å²) >= 11 is 0.